The molecule has 0 bridgehead atoms. The fraction of sp³-hybridized carbons (Fsp3) is 0.273. The minimum absolute atomic E-state index is 0.0448. The van der Waals surface area contributed by atoms with Crippen LogP contribution in [0.15, 0.2) is 36.4 Å². The second kappa shape index (κ2) is 8.66. The van der Waals surface area contributed by atoms with Gasteiger partial charge in [-0.1, -0.05) is 24.9 Å². The van der Waals surface area contributed by atoms with Crippen LogP contribution in [0.1, 0.15) is 41.4 Å². The Labute approximate surface area is 172 Å². The van der Waals surface area contributed by atoms with Gasteiger partial charge >= 0.3 is 5.97 Å². The van der Waals surface area contributed by atoms with Crippen LogP contribution >= 0.6 is 11.6 Å². The topological polar surface area (TPSA) is 68.5 Å². The highest BCUT2D eigenvalue weighted by molar-refractivity contribution is 6.33. The number of hydrogen-bond donors (Lipinski definition) is 1. The molecule has 0 aliphatic carbocycles. The number of ether oxygens (including phenoxy) is 1. The maximum Gasteiger partial charge on any atom is 0.310 e. The normalized spacial score (nSPS) is 11.0. The number of fused-ring (bicyclic) bond motifs is 1. The molecule has 0 aliphatic rings. The van der Waals surface area contributed by atoms with E-state index in [4.69, 9.17) is 16.3 Å². The first kappa shape index (κ1) is 20.9. The summed E-state index contributed by atoms with van der Waals surface area (Å²) in [5.41, 5.74) is 1.84. The summed E-state index contributed by atoms with van der Waals surface area (Å²) in [5, 5.41) is 10.7. The van der Waals surface area contributed by atoms with Crippen LogP contribution in [0.5, 0.6) is 5.75 Å². The van der Waals surface area contributed by atoms with Crippen molar-refractivity contribution in [1.82, 2.24) is 4.57 Å². The van der Waals surface area contributed by atoms with Crippen LogP contribution in [0, 0.1) is 12.7 Å². The molecule has 3 aromatic rings. The van der Waals surface area contributed by atoms with Gasteiger partial charge in [0.1, 0.15) is 11.6 Å². The Hall–Kier alpha value is -2.86. The lowest BCUT2D eigenvalue weighted by molar-refractivity contribution is -0.142. The molecule has 152 valence electrons. The molecule has 0 fully saturated rings. The van der Waals surface area contributed by atoms with E-state index in [9.17, 15) is 19.1 Å². The first-order chi connectivity index (χ1) is 13.8. The van der Waals surface area contributed by atoms with Gasteiger partial charge < -0.3 is 9.84 Å². The van der Waals surface area contributed by atoms with Gasteiger partial charge in [-0.25, -0.2) is 4.39 Å². The standard InChI is InChI=1S/C22H21ClFNO4/c1-3-4-9-29-21(27)11-16-13(2)25(19-12-18(23)20(26)10-17(16)19)22(28)14-5-7-15(24)8-6-14/h5-8,10,12,26H,3-4,9,11H2,1-2H3. The summed E-state index contributed by atoms with van der Waals surface area (Å²) in [7, 11) is 0. The van der Waals surface area contributed by atoms with Crippen LogP contribution in [0.25, 0.3) is 10.9 Å². The number of carbonyl (C=O) groups excluding carboxylic acids is 2. The Morgan fingerprint density at radius 3 is 2.55 bits per heavy atom. The molecule has 3 rings (SSSR count). The molecule has 7 heteroatoms. The van der Waals surface area contributed by atoms with Gasteiger partial charge in [-0.15, -0.1) is 0 Å². The molecular weight excluding hydrogens is 397 g/mol. The van der Waals surface area contributed by atoms with E-state index in [1.165, 1.54) is 41.0 Å². The SMILES string of the molecule is CCCCOC(=O)Cc1c(C)n(C(=O)c2ccc(F)cc2)c2cc(Cl)c(O)cc12. The molecule has 1 heterocycles. The monoisotopic (exact) mass is 417 g/mol. The van der Waals surface area contributed by atoms with Crippen molar-refractivity contribution in [3.63, 3.8) is 0 Å². The van der Waals surface area contributed by atoms with Crippen LogP contribution in [-0.2, 0) is 16.0 Å². The van der Waals surface area contributed by atoms with E-state index in [1.807, 2.05) is 6.92 Å². The van der Waals surface area contributed by atoms with Gasteiger partial charge in [-0.2, -0.15) is 0 Å². The van der Waals surface area contributed by atoms with E-state index in [2.05, 4.69) is 0 Å². The van der Waals surface area contributed by atoms with E-state index in [0.717, 1.165) is 12.8 Å². The smallest absolute Gasteiger partial charge is 0.310 e. The minimum atomic E-state index is -0.445. The zero-order valence-corrected chi connectivity index (χ0v) is 16.9. The molecule has 2 aromatic carbocycles. The second-order valence-corrected chi connectivity index (χ2v) is 7.19. The summed E-state index contributed by atoms with van der Waals surface area (Å²) in [5.74, 6) is -1.39. The third-order valence-corrected chi connectivity index (χ3v) is 5.08. The number of unbranched alkanes of at least 4 members (excludes halogenated alkanes) is 1. The average Bonchev–Trinajstić information content (AvgIpc) is 2.93. The molecule has 29 heavy (non-hydrogen) atoms. The van der Waals surface area contributed by atoms with Crippen molar-refractivity contribution in [2.75, 3.05) is 6.61 Å². The van der Waals surface area contributed by atoms with Gasteiger partial charge in [-0.05, 0) is 55.3 Å². The van der Waals surface area contributed by atoms with Crippen molar-refractivity contribution < 1.29 is 23.8 Å². The number of phenols is 1. The summed E-state index contributed by atoms with van der Waals surface area (Å²) < 4.78 is 19.9. The number of rotatable bonds is 6. The van der Waals surface area contributed by atoms with Gasteiger partial charge in [-0.3, -0.25) is 14.2 Å². The number of phenolic OH excluding ortho intramolecular Hbond substituents is 1. The predicted molar refractivity (Wildman–Crippen MR) is 109 cm³/mol. The Morgan fingerprint density at radius 2 is 1.90 bits per heavy atom. The number of carbonyl (C=O) groups is 2. The first-order valence-corrected chi connectivity index (χ1v) is 9.69. The number of hydrogen-bond acceptors (Lipinski definition) is 4. The van der Waals surface area contributed by atoms with E-state index in [1.54, 1.807) is 6.92 Å². The molecular formula is C22H21ClFNO4. The van der Waals surface area contributed by atoms with Crippen molar-refractivity contribution in [2.24, 2.45) is 0 Å². The van der Waals surface area contributed by atoms with E-state index < -0.39 is 11.8 Å². The number of aromatic nitrogens is 1. The maximum atomic E-state index is 13.2. The van der Waals surface area contributed by atoms with Crippen molar-refractivity contribution in [3.8, 4) is 5.75 Å². The minimum Gasteiger partial charge on any atom is -0.506 e. The van der Waals surface area contributed by atoms with Gasteiger partial charge in [0.2, 0.25) is 0 Å². The van der Waals surface area contributed by atoms with Crippen molar-refractivity contribution in [1.29, 1.82) is 0 Å². The Bertz CT molecular complexity index is 1070. The molecule has 0 radical (unpaired) electrons. The molecule has 0 unspecified atom stereocenters. The highest BCUT2D eigenvalue weighted by Crippen LogP contribution is 2.35. The fourth-order valence-corrected chi connectivity index (χ4v) is 3.38. The number of benzene rings is 2. The Balaban J connectivity index is 2.09. The van der Waals surface area contributed by atoms with Crippen LogP contribution in [0.4, 0.5) is 4.39 Å². The molecule has 0 spiro atoms. The highest BCUT2D eigenvalue weighted by Gasteiger charge is 2.23. The van der Waals surface area contributed by atoms with E-state index >= 15 is 0 Å². The maximum absolute atomic E-state index is 13.2. The molecule has 0 atom stereocenters. The first-order valence-electron chi connectivity index (χ1n) is 9.31. The molecule has 0 aliphatic heterocycles. The number of nitrogens with zero attached hydrogens (tertiary/aromatic N) is 1. The van der Waals surface area contributed by atoms with Crippen LogP contribution in [0.3, 0.4) is 0 Å². The summed E-state index contributed by atoms with van der Waals surface area (Å²) in [6, 6.07) is 8.12. The van der Waals surface area contributed by atoms with Crippen molar-refractivity contribution >= 4 is 34.4 Å². The number of halogens is 2. The zero-order chi connectivity index (χ0) is 21.1. The third kappa shape index (κ3) is 4.27. The summed E-state index contributed by atoms with van der Waals surface area (Å²) in [6.45, 7) is 4.04. The Morgan fingerprint density at radius 1 is 1.21 bits per heavy atom. The molecule has 1 N–H and O–H groups in total. The molecule has 0 amide bonds. The lowest BCUT2D eigenvalue weighted by atomic mass is 10.1. The summed E-state index contributed by atoms with van der Waals surface area (Å²) >= 11 is 6.07. The zero-order valence-electron chi connectivity index (χ0n) is 16.2. The predicted octanol–water partition coefficient (Wildman–Crippen LogP) is 5.02. The number of aromatic hydroxyl groups is 1. The Kier molecular flexibility index (Phi) is 6.23. The highest BCUT2D eigenvalue weighted by atomic mass is 35.5. The molecule has 5 nitrogen and oxygen atoms in total. The van der Waals surface area contributed by atoms with Gasteiger partial charge in [0.15, 0.2) is 0 Å². The van der Waals surface area contributed by atoms with Gasteiger partial charge in [0.05, 0.1) is 23.6 Å². The lowest BCUT2D eigenvalue weighted by Crippen LogP contribution is -2.15. The lowest BCUT2D eigenvalue weighted by Gasteiger charge is -2.08. The number of esters is 1. The van der Waals surface area contributed by atoms with Gasteiger partial charge in [0, 0.05) is 16.6 Å². The van der Waals surface area contributed by atoms with E-state index in [-0.39, 0.29) is 28.7 Å². The fourth-order valence-electron chi connectivity index (χ4n) is 3.22. The van der Waals surface area contributed by atoms with Gasteiger partial charge in [0.25, 0.3) is 5.91 Å². The molecule has 1 aromatic heterocycles. The van der Waals surface area contributed by atoms with Crippen LogP contribution < -0.4 is 0 Å². The van der Waals surface area contributed by atoms with E-state index in [0.29, 0.717) is 28.8 Å². The van der Waals surface area contributed by atoms with Crippen molar-refractivity contribution in [3.05, 3.63) is 64.1 Å². The third-order valence-electron chi connectivity index (χ3n) is 4.78. The molecule has 0 saturated heterocycles. The van der Waals surface area contributed by atoms with Crippen molar-refractivity contribution in [2.45, 2.75) is 33.1 Å². The van der Waals surface area contributed by atoms with Crippen LogP contribution in [-0.4, -0.2) is 28.2 Å². The average molecular weight is 418 g/mol. The largest absolute Gasteiger partial charge is 0.506 e. The molecule has 0 saturated carbocycles. The summed E-state index contributed by atoms with van der Waals surface area (Å²) in [4.78, 5) is 25.4. The van der Waals surface area contributed by atoms with Crippen LogP contribution in [0.2, 0.25) is 5.02 Å². The summed E-state index contributed by atoms with van der Waals surface area (Å²) in [6.07, 6.45) is 1.63. The second-order valence-electron chi connectivity index (χ2n) is 6.78. The quantitative estimate of drug-likeness (QED) is 0.451.